The number of imide groups is 1. The molecular weight excluding hydrogens is 451 g/mol. The molecule has 0 saturated carbocycles. The predicted molar refractivity (Wildman–Crippen MR) is 120 cm³/mol. The number of fused-ring (bicyclic) bond motifs is 1. The molecule has 164 valence electrons. The Kier molecular flexibility index (Phi) is 6.17. The third-order valence-electron chi connectivity index (χ3n) is 5.89. The van der Waals surface area contributed by atoms with Crippen molar-refractivity contribution in [1.82, 2.24) is 10.0 Å². The molecule has 1 fully saturated rings. The average molecular weight is 471 g/mol. The van der Waals surface area contributed by atoms with E-state index in [0.717, 1.165) is 10.0 Å². The number of rotatable bonds is 5. The predicted octanol–water partition coefficient (Wildman–Crippen LogP) is 4.43. The van der Waals surface area contributed by atoms with Crippen LogP contribution < -0.4 is 0 Å². The Balaban J connectivity index is 1.72. The second-order valence-electron chi connectivity index (χ2n) is 7.92. The van der Waals surface area contributed by atoms with E-state index in [-0.39, 0.29) is 16.5 Å². The fourth-order valence-electron chi connectivity index (χ4n) is 4.24. The molecular formula is C24H20Cl2N2O4. The standard InChI is InChI=1S/C24H20Cl2N2O4/c1-14-5-4-7-18-21(14)24(32)28(23(18)31)27(22(30)17-6-2-3-8-19(17)26)13-20(29)15-9-11-16(25)12-10-15/h2-6,8-12,14,18,21H,7,13H2,1H3/t14-,18-,21-/m1/s1. The molecule has 8 heteroatoms. The molecule has 32 heavy (non-hydrogen) atoms. The minimum Gasteiger partial charge on any atom is -0.292 e. The molecule has 0 unspecified atom stereocenters. The van der Waals surface area contributed by atoms with Crippen LogP contribution in [-0.2, 0) is 9.59 Å². The third kappa shape index (κ3) is 3.96. The van der Waals surface area contributed by atoms with Gasteiger partial charge in [-0.3, -0.25) is 19.2 Å². The first kappa shape index (κ1) is 22.2. The van der Waals surface area contributed by atoms with E-state index in [1.807, 2.05) is 19.1 Å². The van der Waals surface area contributed by atoms with Gasteiger partial charge in [-0.15, -0.1) is 0 Å². The monoisotopic (exact) mass is 470 g/mol. The molecule has 2 aromatic carbocycles. The lowest BCUT2D eigenvalue weighted by Crippen LogP contribution is -2.52. The molecule has 0 spiro atoms. The van der Waals surface area contributed by atoms with Crippen molar-refractivity contribution in [1.29, 1.82) is 0 Å². The third-order valence-corrected chi connectivity index (χ3v) is 6.47. The molecule has 1 heterocycles. The second-order valence-corrected chi connectivity index (χ2v) is 8.76. The Bertz CT molecular complexity index is 1130. The molecule has 1 aliphatic heterocycles. The maximum Gasteiger partial charge on any atom is 0.274 e. The Morgan fingerprint density at radius 2 is 1.72 bits per heavy atom. The van der Waals surface area contributed by atoms with Crippen molar-refractivity contribution in [3.05, 3.63) is 81.9 Å². The first-order chi connectivity index (χ1) is 15.3. The molecule has 0 N–H and O–H groups in total. The van der Waals surface area contributed by atoms with E-state index in [1.54, 1.807) is 24.3 Å². The smallest absolute Gasteiger partial charge is 0.274 e. The highest BCUT2D eigenvalue weighted by Crippen LogP contribution is 2.39. The molecule has 3 amide bonds. The number of hydrogen-bond donors (Lipinski definition) is 0. The lowest BCUT2D eigenvalue weighted by Gasteiger charge is -2.30. The van der Waals surface area contributed by atoms with Gasteiger partial charge in [-0.2, -0.15) is 5.01 Å². The van der Waals surface area contributed by atoms with Gasteiger partial charge in [0.05, 0.1) is 22.4 Å². The number of benzene rings is 2. The Morgan fingerprint density at radius 3 is 2.38 bits per heavy atom. The van der Waals surface area contributed by atoms with Crippen molar-refractivity contribution in [3.8, 4) is 0 Å². The maximum absolute atomic E-state index is 13.5. The zero-order valence-electron chi connectivity index (χ0n) is 17.2. The van der Waals surface area contributed by atoms with Crippen LogP contribution in [0.15, 0.2) is 60.7 Å². The van der Waals surface area contributed by atoms with Crippen LogP contribution in [0, 0.1) is 17.8 Å². The van der Waals surface area contributed by atoms with Crippen molar-refractivity contribution in [2.24, 2.45) is 17.8 Å². The molecule has 0 radical (unpaired) electrons. The normalized spacial score (nSPS) is 22.1. The fourth-order valence-corrected chi connectivity index (χ4v) is 4.58. The average Bonchev–Trinajstić information content (AvgIpc) is 3.03. The molecule has 1 saturated heterocycles. The summed E-state index contributed by atoms with van der Waals surface area (Å²) in [6, 6.07) is 12.5. The molecule has 0 bridgehead atoms. The van der Waals surface area contributed by atoms with Gasteiger partial charge in [-0.05, 0) is 48.7 Å². The molecule has 6 nitrogen and oxygen atoms in total. The Morgan fingerprint density at radius 1 is 1.03 bits per heavy atom. The number of halogens is 2. The van der Waals surface area contributed by atoms with Crippen LogP contribution in [0.4, 0.5) is 0 Å². The van der Waals surface area contributed by atoms with Gasteiger partial charge in [0.25, 0.3) is 17.7 Å². The largest absolute Gasteiger partial charge is 0.292 e. The lowest BCUT2D eigenvalue weighted by atomic mass is 9.78. The molecule has 0 aromatic heterocycles. The minimum absolute atomic E-state index is 0.0970. The van der Waals surface area contributed by atoms with Crippen molar-refractivity contribution in [3.63, 3.8) is 0 Å². The summed E-state index contributed by atoms with van der Waals surface area (Å²) < 4.78 is 0. The number of Topliss-reactive ketones (excluding diaryl/α,β-unsaturated/α-hetero) is 1. The number of amides is 3. The maximum atomic E-state index is 13.5. The number of ketones is 1. The highest BCUT2D eigenvalue weighted by atomic mass is 35.5. The van der Waals surface area contributed by atoms with E-state index in [1.165, 1.54) is 24.3 Å². The molecule has 1 aliphatic carbocycles. The van der Waals surface area contributed by atoms with Gasteiger partial charge < -0.3 is 0 Å². The Labute approximate surface area is 195 Å². The van der Waals surface area contributed by atoms with E-state index in [4.69, 9.17) is 23.2 Å². The molecule has 3 atom stereocenters. The van der Waals surface area contributed by atoms with E-state index in [2.05, 4.69) is 0 Å². The molecule has 2 aromatic rings. The highest BCUT2D eigenvalue weighted by molar-refractivity contribution is 6.34. The van der Waals surface area contributed by atoms with E-state index >= 15 is 0 Å². The van der Waals surface area contributed by atoms with Crippen LogP contribution in [0.1, 0.15) is 34.1 Å². The number of nitrogens with zero attached hydrogens (tertiary/aromatic N) is 2. The number of carbonyl (C=O) groups is 4. The van der Waals surface area contributed by atoms with Crippen LogP contribution in [0.2, 0.25) is 10.0 Å². The summed E-state index contributed by atoms with van der Waals surface area (Å²) in [5.74, 6) is -3.39. The summed E-state index contributed by atoms with van der Waals surface area (Å²) in [6.07, 6.45) is 4.18. The van der Waals surface area contributed by atoms with Crippen molar-refractivity contribution in [2.75, 3.05) is 6.54 Å². The zero-order chi connectivity index (χ0) is 23.0. The number of hydrazine groups is 1. The van der Waals surface area contributed by atoms with Gasteiger partial charge in [0.15, 0.2) is 5.78 Å². The second kappa shape index (κ2) is 8.88. The first-order valence-electron chi connectivity index (χ1n) is 10.2. The summed E-state index contributed by atoms with van der Waals surface area (Å²) >= 11 is 12.1. The first-order valence-corrected chi connectivity index (χ1v) is 10.9. The molecule has 2 aliphatic rings. The van der Waals surface area contributed by atoms with E-state index in [0.29, 0.717) is 17.0 Å². The summed E-state index contributed by atoms with van der Waals surface area (Å²) in [5, 5.41) is 2.39. The topological polar surface area (TPSA) is 74.8 Å². The SMILES string of the molecule is C[C@@H]1C=CC[C@H]2C(=O)N(N(CC(=O)c3ccc(Cl)cc3)C(=O)c3ccccc3Cl)C(=O)[C@H]12. The molecule has 4 rings (SSSR count). The minimum atomic E-state index is -0.695. The van der Waals surface area contributed by atoms with E-state index in [9.17, 15) is 19.2 Å². The van der Waals surface area contributed by atoms with Crippen LogP contribution >= 0.6 is 23.2 Å². The Hall–Kier alpha value is -2.96. The highest BCUT2D eigenvalue weighted by Gasteiger charge is 2.53. The van der Waals surface area contributed by atoms with Gasteiger partial charge >= 0.3 is 0 Å². The van der Waals surface area contributed by atoms with Gasteiger partial charge in [0, 0.05) is 10.6 Å². The van der Waals surface area contributed by atoms with Crippen LogP contribution in [0.5, 0.6) is 0 Å². The number of allylic oxidation sites excluding steroid dienone is 2. The van der Waals surface area contributed by atoms with Gasteiger partial charge in [-0.1, -0.05) is 54.4 Å². The summed E-state index contributed by atoms with van der Waals surface area (Å²) in [6.45, 7) is 1.37. The number of hydrogen-bond acceptors (Lipinski definition) is 4. The van der Waals surface area contributed by atoms with Crippen molar-refractivity contribution in [2.45, 2.75) is 13.3 Å². The quantitative estimate of drug-likeness (QED) is 0.368. The van der Waals surface area contributed by atoms with Crippen molar-refractivity contribution >= 4 is 46.7 Å². The van der Waals surface area contributed by atoms with E-state index < -0.39 is 41.9 Å². The summed E-state index contributed by atoms with van der Waals surface area (Å²) in [5.41, 5.74) is 0.401. The summed E-state index contributed by atoms with van der Waals surface area (Å²) in [4.78, 5) is 53.0. The van der Waals surface area contributed by atoms with Crippen LogP contribution in [0.3, 0.4) is 0 Å². The van der Waals surface area contributed by atoms with Gasteiger partial charge in [0.1, 0.15) is 6.54 Å². The lowest BCUT2D eigenvalue weighted by molar-refractivity contribution is -0.154. The number of carbonyl (C=O) groups excluding carboxylic acids is 4. The van der Waals surface area contributed by atoms with Crippen LogP contribution in [0.25, 0.3) is 0 Å². The fraction of sp³-hybridized carbons (Fsp3) is 0.250. The summed E-state index contributed by atoms with van der Waals surface area (Å²) in [7, 11) is 0. The van der Waals surface area contributed by atoms with Gasteiger partial charge in [-0.25, -0.2) is 5.01 Å². The zero-order valence-corrected chi connectivity index (χ0v) is 18.7. The van der Waals surface area contributed by atoms with Crippen molar-refractivity contribution < 1.29 is 19.2 Å². The van der Waals surface area contributed by atoms with Gasteiger partial charge in [0.2, 0.25) is 0 Å². The van der Waals surface area contributed by atoms with Crippen LogP contribution in [-0.4, -0.2) is 40.1 Å².